The van der Waals surface area contributed by atoms with Crippen LogP contribution >= 0.6 is 31.9 Å². The van der Waals surface area contributed by atoms with Crippen molar-refractivity contribution in [2.75, 3.05) is 11.1 Å². The molecule has 0 amide bonds. The molecule has 0 spiro atoms. The normalized spacial score (nSPS) is 10.3. The molecule has 4 heteroatoms. The van der Waals surface area contributed by atoms with Gasteiger partial charge in [0.05, 0.1) is 11.4 Å². The van der Waals surface area contributed by atoms with Crippen LogP contribution in [0.1, 0.15) is 5.56 Å². The minimum atomic E-state index is 0.730. The molecule has 0 heterocycles. The Hall–Kier alpha value is -1.00. The Morgan fingerprint density at radius 2 is 1.82 bits per heavy atom. The van der Waals surface area contributed by atoms with Gasteiger partial charge in [0.2, 0.25) is 0 Å². The second kappa shape index (κ2) is 5.10. The van der Waals surface area contributed by atoms with E-state index in [1.54, 1.807) is 0 Å². The number of hydrogen-bond donors (Lipinski definition) is 2. The van der Waals surface area contributed by atoms with Gasteiger partial charge < -0.3 is 11.1 Å². The fraction of sp³-hybridized carbons (Fsp3) is 0.0769. The second-order valence-corrected chi connectivity index (χ2v) is 5.59. The molecule has 2 rings (SSSR count). The summed E-state index contributed by atoms with van der Waals surface area (Å²) in [5.74, 6) is 0. The third-order valence-electron chi connectivity index (χ3n) is 2.45. The SMILES string of the molecule is Cc1cc(Nc2cc(Br)ccc2N)ccc1Br. The zero-order valence-corrected chi connectivity index (χ0v) is 12.5. The first-order valence-electron chi connectivity index (χ1n) is 5.14. The predicted octanol–water partition coefficient (Wildman–Crippen LogP) is 4.85. The summed E-state index contributed by atoms with van der Waals surface area (Å²) in [5.41, 5.74) is 9.75. The van der Waals surface area contributed by atoms with Crippen LogP contribution in [0.2, 0.25) is 0 Å². The Balaban J connectivity index is 2.31. The van der Waals surface area contributed by atoms with Crippen molar-refractivity contribution in [3.05, 3.63) is 50.9 Å². The molecular weight excluding hydrogens is 344 g/mol. The smallest absolute Gasteiger partial charge is 0.0629 e. The highest BCUT2D eigenvalue weighted by Crippen LogP contribution is 2.28. The Kier molecular flexibility index (Phi) is 3.74. The minimum Gasteiger partial charge on any atom is -0.397 e. The van der Waals surface area contributed by atoms with Crippen LogP contribution in [0, 0.1) is 6.92 Å². The summed E-state index contributed by atoms with van der Waals surface area (Å²) >= 11 is 6.91. The number of nitrogens with two attached hydrogens (primary N) is 1. The van der Waals surface area contributed by atoms with Gasteiger partial charge in [-0.05, 0) is 48.9 Å². The third-order valence-corrected chi connectivity index (χ3v) is 3.84. The van der Waals surface area contributed by atoms with E-state index in [0.29, 0.717) is 0 Å². The first kappa shape index (κ1) is 12.5. The molecule has 17 heavy (non-hydrogen) atoms. The highest BCUT2D eigenvalue weighted by atomic mass is 79.9. The van der Waals surface area contributed by atoms with Crippen molar-refractivity contribution in [1.82, 2.24) is 0 Å². The molecule has 0 bridgehead atoms. The first-order valence-corrected chi connectivity index (χ1v) is 6.73. The lowest BCUT2D eigenvalue weighted by Crippen LogP contribution is -1.96. The molecule has 0 aliphatic rings. The largest absolute Gasteiger partial charge is 0.397 e. The molecule has 3 N–H and O–H groups in total. The number of anilines is 3. The molecule has 0 radical (unpaired) electrons. The Morgan fingerprint density at radius 1 is 1.06 bits per heavy atom. The van der Waals surface area contributed by atoms with Gasteiger partial charge in [0.15, 0.2) is 0 Å². The third kappa shape index (κ3) is 3.01. The Labute approximate surface area is 117 Å². The van der Waals surface area contributed by atoms with Crippen LogP contribution in [0.4, 0.5) is 17.1 Å². The van der Waals surface area contributed by atoms with Gasteiger partial charge in [0, 0.05) is 14.6 Å². The van der Waals surface area contributed by atoms with Gasteiger partial charge in [-0.15, -0.1) is 0 Å². The van der Waals surface area contributed by atoms with Crippen LogP contribution in [0.5, 0.6) is 0 Å². The summed E-state index contributed by atoms with van der Waals surface area (Å²) in [6.07, 6.45) is 0. The van der Waals surface area contributed by atoms with Crippen LogP contribution < -0.4 is 11.1 Å². The van der Waals surface area contributed by atoms with Crippen LogP contribution in [0.15, 0.2) is 45.3 Å². The van der Waals surface area contributed by atoms with E-state index < -0.39 is 0 Å². The van der Waals surface area contributed by atoms with Crippen molar-refractivity contribution >= 4 is 48.9 Å². The van der Waals surface area contributed by atoms with Crippen molar-refractivity contribution in [3.63, 3.8) is 0 Å². The van der Waals surface area contributed by atoms with Crippen LogP contribution in [0.25, 0.3) is 0 Å². The quantitative estimate of drug-likeness (QED) is 0.756. The zero-order chi connectivity index (χ0) is 12.4. The first-order chi connectivity index (χ1) is 8.06. The van der Waals surface area contributed by atoms with Gasteiger partial charge in [0.25, 0.3) is 0 Å². The topological polar surface area (TPSA) is 38.0 Å². The zero-order valence-electron chi connectivity index (χ0n) is 9.30. The maximum absolute atomic E-state index is 5.91. The van der Waals surface area contributed by atoms with E-state index in [0.717, 1.165) is 26.0 Å². The molecule has 0 fully saturated rings. The van der Waals surface area contributed by atoms with Gasteiger partial charge in [-0.25, -0.2) is 0 Å². The lowest BCUT2D eigenvalue weighted by molar-refractivity contribution is 1.41. The highest BCUT2D eigenvalue weighted by molar-refractivity contribution is 9.10. The lowest BCUT2D eigenvalue weighted by Gasteiger charge is -2.11. The molecule has 0 aliphatic heterocycles. The molecular formula is C13H12Br2N2. The molecule has 0 saturated carbocycles. The number of benzene rings is 2. The Bertz CT molecular complexity index is 553. The van der Waals surface area contributed by atoms with E-state index in [-0.39, 0.29) is 0 Å². The number of nitrogen functional groups attached to an aromatic ring is 1. The van der Waals surface area contributed by atoms with Crippen molar-refractivity contribution in [1.29, 1.82) is 0 Å². The summed E-state index contributed by atoms with van der Waals surface area (Å²) in [5, 5.41) is 3.31. The van der Waals surface area contributed by atoms with E-state index in [2.05, 4.69) is 50.2 Å². The minimum absolute atomic E-state index is 0.730. The number of hydrogen-bond acceptors (Lipinski definition) is 2. The summed E-state index contributed by atoms with van der Waals surface area (Å²) in [7, 11) is 0. The molecule has 0 aromatic heterocycles. The van der Waals surface area contributed by atoms with Gasteiger partial charge >= 0.3 is 0 Å². The van der Waals surface area contributed by atoms with Gasteiger partial charge in [-0.3, -0.25) is 0 Å². The summed E-state index contributed by atoms with van der Waals surface area (Å²) in [4.78, 5) is 0. The standard InChI is InChI=1S/C13H12Br2N2/c1-8-6-10(3-4-11(8)15)17-13-7-9(14)2-5-12(13)16/h2-7,17H,16H2,1H3. The summed E-state index contributed by atoms with van der Waals surface area (Å²) < 4.78 is 2.10. The van der Waals surface area contributed by atoms with Crippen molar-refractivity contribution in [2.24, 2.45) is 0 Å². The van der Waals surface area contributed by atoms with Crippen LogP contribution in [-0.2, 0) is 0 Å². The lowest BCUT2D eigenvalue weighted by atomic mass is 10.2. The van der Waals surface area contributed by atoms with Gasteiger partial charge in [0.1, 0.15) is 0 Å². The van der Waals surface area contributed by atoms with Crippen molar-refractivity contribution < 1.29 is 0 Å². The highest BCUT2D eigenvalue weighted by Gasteiger charge is 2.02. The van der Waals surface area contributed by atoms with Gasteiger partial charge in [-0.1, -0.05) is 31.9 Å². The molecule has 2 aromatic carbocycles. The summed E-state index contributed by atoms with van der Waals surface area (Å²) in [6, 6.07) is 11.9. The predicted molar refractivity (Wildman–Crippen MR) is 80.7 cm³/mol. The number of nitrogens with one attached hydrogen (secondary N) is 1. The van der Waals surface area contributed by atoms with E-state index >= 15 is 0 Å². The molecule has 0 atom stereocenters. The number of rotatable bonds is 2. The second-order valence-electron chi connectivity index (χ2n) is 3.82. The average Bonchev–Trinajstić information content (AvgIpc) is 2.29. The molecule has 2 nitrogen and oxygen atoms in total. The van der Waals surface area contributed by atoms with Crippen LogP contribution in [0.3, 0.4) is 0 Å². The van der Waals surface area contributed by atoms with E-state index in [9.17, 15) is 0 Å². The fourth-order valence-corrected chi connectivity index (χ4v) is 2.12. The molecule has 0 saturated heterocycles. The molecule has 0 aliphatic carbocycles. The number of halogens is 2. The molecule has 88 valence electrons. The van der Waals surface area contributed by atoms with Gasteiger partial charge in [-0.2, -0.15) is 0 Å². The van der Waals surface area contributed by atoms with Crippen molar-refractivity contribution in [2.45, 2.75) is 6.92 Å². The molecule has 0 unspecified atom stereocenters. The van der Waals surface area contributed by atoms with E-state index in [1.165, 1.54) is 5.56 Å². The van der Waals surface area contributed by atoms with Crippen LogP contribution in [-0.4, -0.2) is 0 Å². The maximum Gasteiger partial charge on any atom is 0.0629 e. The van der Waals surface area contributed by atoms with E-state index in [4.69, 9.17) is 5.73 Å². The molecule has 2 aromatic rings. The monoisotopic (exact) mass is 354 g/mol. The Morgan fingerprint density at radius 3 is 2.53 bits per heavy atom. The van der Waals surface area contributed by atoms with Crippen molar-refractivity contribution in [3.8, 4) is 0 Å². The maximum atomic E-state index is 5.91. The average molecular weight is 356 g/mol. The fourth-order valence-electron chi connectivity index (χ4n) is 1.51. The van der Waals surface area contributed by atoms with E-state index in [1.807, 2.05) is 30.3 Å². The summed E-state index contributed by atoms with van der Waals surface area (Å²) in [6.45, 7) is 2.06. The number of aryl methyl sites for hydroxylation is 1.